The summed E-state index contributed by atoms with van der Waals surface area (Å²) < 4.78 is 37.8. The van der Waals surface area contributed by atoms with Crippen LogP contribution >= 0.6 is 15.9 Å². The van der Waals surface area contributed by atoms with Crippen LogP contribution in [0.5, 0.6) is 0 Å². The number of halogens is 4. The molecule has 1 aromatic rings. The smallest absolute Gasteiger partial charge is 0.368 e. The number of nitrogens with zero attached hydrogens (tertiary/aromatic N) is 3. The normalized spacial score (nSPS) is 17.1. The van der Waals surface area contributed by atoms with E-state index in [1.54, 1.807) is 6.07 Å². The molecule has 0 radical (unpaired) electrons. The van der Waals surface area contributed by atoms with E-state index >= 15 is 0 Å². The van der Waals surface area contributed by atoms with Gasteiger partial charge in [0.2, 0.25) is 0 Å². The number of benzene rings is 1. The molecule has 7 heteroatoms. The fourth-order valence-electron chi connectivity index (χ4n) is 2.27. The minimum Gasteiger partial charge on any atom is -0.368 e. The van der Waals surface area contributed by atoms with Gasteiger partial charge < -0.3 is 4.90 Å². The van der Waals surface area contributed by atoms with E-state index in [1.165, 1.54) is 4.90 Å². The Morgan fingerprint density at radius 2 is 1.85 bits per heavy atom. The second-order valence-corrected chi connectivity index (χ2v) is 5.57. The van der Waals surface area contributed by atoms with Gasteiger partial charge in [-0.3, -0.25) is 4.90 Å². The summed E-state index contributed by atoms with van der Waals surface area (Å²) in [6.07, 6.45) is -4.16. The lowest BCUT2D eigenvalue weighted by Crippen LogP contribution is -2.49. The minimum absolute atomic E-state index is 0.348. The van der Waals surface area contributed by atoms with Crippen LogP contribution in [0, 0.1) is 11.3 Å². The summed E-state index contributed by atoms with van der Waals surface area (Å²) in [5.74, 6) is 0. The topological polar surface area (TPSA) is 30.3 Å². The fraction of sp³-hybridized carbons (Fsp3) is 0.462. The molecule has 0 amide bonds. The van der Waals surface area contributed by atoms with Gasteiger partial charge >= 0.3 is 6.18 Å². The molecule has 0 saturated carbocycles. The summed E-state index contributed by atoms with van der Waals surface area (Å²) in [5, 5.41) is 9.12. The molecule has 1 aliphatic heterocycles. The predicted molar refractivity (Wildman–Crippen MR) is 73.6 cm³/mol. The molecule has 3 nitrogen and oxygen atoms in total. The van der Waals surface area contributed by atoms with Crippen molar-refractivity contribution in [2.45, 2.75) is 6.18 Å². The second kappa shape index (κ2) is 6.02. The summed E-state index contributed by atoms with van der Waals surface area (Å²) in [6, 6.07) is 7.49. The van der Waals surface area contributed by atoms with Gasteiger partial charge in [-0.2, -0.15) is 18.4 Å². The highest BCUT2D eigenvalue weighted by Gasteiger charge is 2.32. The highest BCUT2D eigenvalue weighted by molar-refractivity contribution is 9.10. The number of piperazine rings is 1. The average molecular weight is 348 g/mol. The van der Waals surface area contributed by atoms with E-state index in [-0.39, 0.29) is 0 Å². The van der Waals surface area contributed by atoms with Crippen molar-refractivity contribution in [1.82, 2.24) is 4.90 Å². The Morgan fingerprint density at radius 3 is 2.40 bits per heavy atom. The number of anilines is 1. The molecule has 0 N–H and O–H groups in total. The first-order valence-electron chi connectivity index (χ1n) is 6.13. The van der Waals surface area contributed by atoms with E-state index in [0.29, 0.717) is 31.7 Å². The van der Waals surface area contributed by atoms with Crippen LogP contribution < -0.4 is 4.90 Å². The molecular weight excluding hydrogens is 335 g/mol. The first kappa shape index (κ1) is 15.1. The van der Waals surface area contributed by atoms with Crippen molar-refractivity contribution in [3.8, 4) is 6.07 Å². The number of rotatable bonds is 2. The molecule has 0 bridgehead atoms. The molecule has 1 aromatic carbocycles. The molecule has 1 heterocycles. The monoisotopic (exact) mass is 347 g/mol. The average Bonchev–Trinajstić information content (AvgIpc) is 2.38. The SMILES string of the molecule is N#Cc1cc(Br)ccc1N1CCN(CC(F)(F)F)CC1. The predicted octanol–water partition coefficient (Wildman–Crippen LogP) is 3.01. The molecule has 2 rings (SSSR count). The quantitative estimate of drug-likeness (QED) is 0.823. The molecule has 0 aliphatic carbocycles. The maximum atomic E-state index is 12.3. The second-order valence-electron chi connectivity index (χ2n) is 4.65. The van der Waals surface area contributed by atoms with Crippen molar-refractivity contribution in [2.75, 3.05) is 37.6 Å². The zero-order chi connectivity index (χ0) is 14.8. The molecule has 0 atom stereocenters. The van der Waals surface area contributed by atoms with Gasteiger partial charge in [0.1, 0.15) is 6.07 Å². The molecule has 0 aromatic heterocycles. The molecule has 108 valence electrons. The standard InChI is InChI=1S/C13H13BrF3N3/c14-11-1-2-12(10(7-11)8-18)20-5-3-19(4-6-20)9-13(15,16)17/h1-2,7H,3-6,9H2. The van der Waals surface area contributed by atoms with Gasteiger partial charge in [-0.05, 0) is 18.2 Å². The van der Waals surface area contributed by atoms with Gasteiger partial charge in [0.15, 0.2) is 0 Å². The van der Waals surface area contributed by atoms with Crippen molar-refractivity contribution in [1.29, 1.82) is 5.26 Å². The van der Waals surface area contributed by atoms with Crippen molar-refractivity contribution in [3.05, 3.63) is 28.2 Å². The Hall–Kier alpha value is -1.26. The summed E-state index contributed by atoms with van der Waals surface area (Å²) in [4.78, 5) is 3.35. The lowest BCUT2D eigenvalue weighted by molar-refractivity contribution is -0.146. The molecule has 1 fully saturated rings. The molecule has 0 unspecified atom stereocenters. The van der Waals surface area contributed by atoms with Gasteiger partial charge in [0.25, 0.3) is 0 Å². The Labute approximate surface area is 123 Å². The fourth-order valence-corrected chi connectivity index (χ4v) is 2.64. The zero-order valence-corrected chi connectivity index (χ0v) is 12.2. The van der Waals surface area contributed by atoms with Crippen LogP contribution in [0.15, 0.2) is 22.7 Å². The third-order valence-corrected chi connectivity index (χ3v) is 3.69. The van der Waals surface area contributed by atoms with E-state index in [0.717, 1.165) is 10.2 Å². The van der Waals surface area contributed by atoms with Crippen LogP contribution in [-0.2, 0) is 0 Å². The third-order valence-electron chi connectivity index (χ3n) is 3.19. The Balaban J connectivity index is 2.03. The van der Waals surface area contributed by atoms with Gasteiger partial charge in [0.05, 0.1) is 17.8 Å². The Kier molecular flexibility index (Phi) is 4.55. The largest absolute Gasteiger partial charge is 0.401 e. The van der Waals surface area contributed by atoms with Gasteiger partial charge in [-0.1, -0.05) is 15.9 Å². The first-order chi connectivity index (χ1) is 9.39. The Morgan fingerprint density at radius 1 is 1.20 bits per heavy atom. The summed E-state index contributed by atoms with van der Waals surface area (Å²) >= 11 is 3.30. The minimum atomic E-state index is -4.16. The summed E-state index contributed by atoms with van der Waals surface area (Å²) in [5.41, 5.74) is 1.31. The number of hydrogen-bond acceptors (Lipinski definition) is 3. The first-order valence-corrected chi connectivity index (χ1v) is 6.92. The van der Waals surface area contributed by atoms with Crippen molar-refractivity contribution in [2.24, 2.45) is 0 Å². The van der Waals surface area contributed by atoms with Gasteiger partial charge in [-0.25, -0.2) is 0 Å². The summed E-state index contributed by atoms with van der Waals surface area (Å²) in [6.45, 7) is 0.811. The maximum Gasteiger partial charge on any atom is 0.401 e. The van der Waals surface area contributed by atoms with Gasteiger partial charge in [0, 0.05) is 30.7 Å². The highest BCUT2D eigenvalue weighted by Crippen LogP contribution is 2.25. The molecule has 1 saturated heterocycles. The van der Waals surface area contributed by atoms with Crippen LogP contribution in [0.25, 0.3) is 0 Å². The molecular formula is C13H13BrF3N3. The molecule has 1 aliphatic rings. The summed E-state index contributed by atoms with van der Waals surface area (Å²) in [7, 11) is 0. The van der Waals surface area contributed by atoms with Gasteiger partial charge in [-0.15, -0.1) is 0 Å². The van der Waals surface area contributed by atoms with Crippen LogP contribution in [-0.4, -0.2) is 43.8 Å². The maximum absolute atomic E-state index is 12.3. The van der Waals surface area contributed by atoms with E-state index in [1.807, 2.05) is 17.0 Å². The number of hydrogen-bond donors (Lipinski definition) is 0. The van der Waals surface area contributed by atoms with E-state index < -0.39 is 12.7 Å². The molecule has 20 heavy (non-hydrogen) atoms. The number of alkyl halides is 3. The van der Waals surface area contributed by atoms with Crippen molar-refractivity contribution in [3.63, 3.8) is 0 Å². The van der Waals surface area contributed by atoms with Crippen LogP contribution in [0.1, 0.15) is 5.56 Å². The zero-order valence-electron chi connectivity index (χ0n) is 10.6. The molecule has 0 spiro atoms. The highest BCUT2D eigenvalue weighted by atomic mass is 79.9. The van der Waals surface area contributed by atoms with E-state index in [4.69, 9.17) is 5.26 Å². The Bertz CT molecular complexity index is 517. The van der Waals surface area contributed by atoms with Crippen molar-refractivity contribution >= 4 is 21.6 Å². The van der Waals surface area contributed by atoms with Crippen LogP contribution in [0.4, 0.5) is 18.9 Å². The van der Waals surface area contributed by atoms with Crippen molar-refractivity contribution < 1.29 is 13.2 Å². The van der Waals surface area contributed by atoms with Crippen LogP contribution in [0.3, 0.4) is 0 Å². The third kappa shape index (κ3) is 3.87. The lowest BCUT2D eigenvalue weighted by Gasteiger charge is -2.36. The number of nitriles is 1. The van der Waals surface area contributed by atoms with E-state index in [2.05, 4.69) is 22.0 Å². The van der Waals surface area contributed by atoms with Crippen LogP contribution in [0.2, 0.25) is 0 Å². The van der Waals surface area contributed by atoms with E-state index in [9.17, 15) is 13.2 Å². The lowest BCUT2D eigenvalue weighted by atomic mass is 10.1.